The highest BCUT2D eigenvalue weighted by Gasteiger charge is 2.29. The summed E-state index contributed by atoms with van der Waals surface area (Å²) in [5.74, 6) is 1.18. The number of amides is 1. The normalized spacial score (nSPS) is 13.4. The maximum absolute atomic E-state index is 13.6. The number of unbranched alkanes of at least 4 members (excludes halogenated alkanes) is 1. The van der Waals surface area contributed by atoms with E-state index in [9.17, 15) is 4.79 Å². The summed E-state index contributed by atoms with van der Waals surface area (Å²) in [5, 5.41) is 5.54. The van der Waals surface area contributed by atoms with Gasteiger partial charge in [-0.1, -0.05) is 36.4 Å². The van der Waals surface area contributed by atoms with Crippen LogP contribution in [-0.4, -0.2) is 44.1 Å². The van der Waals surface area contributed by atoms with Crippen LogP contribution in [0.5, 0.6) is 0 Å². The first-order valence-electron chi connectivity index (χ1n) is 11.7. The minimum absolute atomic E-state index is 0.0349. The molecule has 4 aromatic rings. The van der Waals surface area contributed by atoms with Crippen molar-refractivity contribution in [3.8, 4) is 5.82 Å². The van der Waals surface area contributed by atoms with Crippen LogP contribution in [-0.2, 0) is 6.42 Å². The standard InChI is InChI=1S/C27H29N5O/c1-19-25-22(27(33)31(2)17-9-7-12-20-10-4-3-5-11-20)18-23(21-14-15-21)29-26(25)32(30-19)24-13-6-8-16-28-24/h3-6,8,10-11,13,16,18,21H,7,9,12,14-15,17H2,1-2H3. The van der Waals surface area contributed by atoms with E-state index in [-0.39, 0.29) is 5.91 Å². The lowest BCUT2D eigenvalue weighted by Gasteiger charge is -2.18. The lowest BCUT2D eigenvalue weighted by atomic mass is 10.1. The molecule has 0 unspecified atom stereocenters. The van der Waals surface area contributed by atoms with Gasteiger partial charge in [-0.25, -0.2) is 9.97 Å². The van der Waals surface area contributed by atoms with E-state index >= 15 is 0 Å². The zero-order valence-corrected chi connectivity index (χ0v) is 19.2. The van der Waals surface area contributed by atoms with Gasteiger partial charge in [0.2, 0.25) is 0 Å². The van der Waals surface area contributed by atoms with Crippen LogP contribution in [0.15, 0.2) is 60.8 Å². The van der Waals surface area contributed by atoms with Crippen molar-refractivity contribution in [3.05, 3.63) is 83.3 Å². The van der Waals surface area contributed by atoms with Crippen LogP contribution in [0.1, 0.15) is 58.9 Å². The molecule has 5 rings (SSSR count). The Morgan fingerprint density at radius 2 is 1.88 bits per heavy atom. The zero-order chi connectivity index (χ0) is 22.8. The molecule has 1 aromatic carbocycles. The van der Waals surface area contributed by atoms with Crippen LogP contribution in [0.2, 0.25) is 0 Å². The molecule has 6 nitrogen and oxygen atoms in total. The molecule has 0 aliphatic heterocycles. The molecular weight excluding hydrogens is 410 g/mol. The highest BCUT2D eigenvalue weighted by Crippen LogP contribution is 2.40. The summed E-state index contributed by atoms with van der Waals surface area (Å²) in [4.78, 5) is 24.8. The van der Waals surface area contributed by atoms with E-state index < -0.39 is 0 Å². The fraction of sp³-hybridized carbons (Fsp3) is 0.333. The second kappa shape index (κ2) is 9.14. The van der Waals surface area contributed by atoms with Crippen molar-refractivity contribution < 1.29 is 4.79 Å². The smallest absolute Gasteiger partial charge is 0.254 e. The second-order valence-corrected chi connectivity index (χ2v) is 8.92. The summed E-state index contributed by atoms with van der Waals surface area (Å²) in [6.45, 7) is 2.67. The van der Waals surface area contributed by atoms with E-state index in [4.69, 9.17) is 10.1 Å². The first-order chi connectivity index (χ1) is 16.1. The minimum Gasteiger partial charge on any atom is -0.342 e. The maximum Gasteiger partial charge on any atom is 0.254 e. The van der Waals surface area contributed by atoms with Crippen molar-refractivity contribution in [2.24, 2.45) is 0 Å². The number of hydrogen-bond acceptors (Lipinski definition) is 4. The lowest BCUT2D eigenvalue weighted by Crippen LogP contribution is -2.28. The van der Waals surface area contributed by atoms with Crippen molar-refractivity contribution in [2.75, 3.05) is 13.6 Å². The average molecular weight is 440 g/mol. The first-order valence-corrected chi connectivity index (χ1v) is 11.7. The number of benzene rings is 1. The number of nitrogens with zero attached hydrogens (tertiary/aromatic N) is 5. The number of rotatable bonds is 8. The van der Waals surface area contributed by atoms with Crippen molar-refractivity contribution in [3.63, 3.8) is 0 Å². The minimum atomic E-state index is 0.0349. The van der Waals surface area contributed by atoms with Gasteiger partial charge in [0.25, 0.3) is 5.91 Å². The molecule has 0 spiro atoms. The van der Waals surface area contributed by atoms with Gasteiger partial charge in [-0.3, -0.25) is 4.79 Å². The lowest BCUT2D eigenvalue weighted by molar-refractivity contribution is 0.0794. The van der Waals surface area contributed by atoms with Crippen LogP contribution in [0.3, 0.4) is 0 Å². The molecule has 6 heteroatoms. The van der Waals surface area contributed by atoms with Gasteiger partial charge in [0, 0.05) is 31.4 Å². The highest BCUT2D eigenvalue weighted by molar-refractivity contribution is 6.06. The largest absolute Gasteiger partial charge is 0.342 e. The SMILES string of the molecule is Cc1nn(-c2ccccn2)c2nc(C3CC3)cc(C(=O)N(C)CCCCc3ccccc3)c12. The number of carbonyl (C=O) groups excluding carboxylic acids is 1. The van der Waals surface area contributed by atoms with Gasteiger partial charge in [-0.2, -0.15) is 9.78 Å². The summed E-state index contributed by atoms with van der Waals surface area (Å²) in [6, 6.07) is 18.2. The summed E-state index contributed by atoms with van der Waals surface area (Å²) in [5.41, 5.74) is 4.55. The Balaban J connectivity index is 1.40. The van der Waals surface area contributed by atoms with Crippen LogP contribution < -0.4 is 0 Å². The average Bonchev–Trinajstić information content (AvgIpc) is 3.65. The third kappa shape index (κ3) is 4.51. The van der Waals surface area contributed by atoms with Crippen molar-refractivity contribution in [2.45, 2.75) is 44.9 Å². The highest BCUT2D eigenvalue weighted by atomic mass is 16.2. The Kier molecular flexibility index (Phi) is 5.90. The number of aryl methyl sites for hydroxylation is 2. The second-order valence-electron chi connectivity index (χ2n) is 8.92. The molecule has 3 heterocycles. The molecule has 0 radical (unpaired) electrons. The number of hydrogen-bond donors (Lipinski definition) is 0. The molecule has 0 atom stereocenters. The van der Waals surface area contributed by atoms with Gasteiger partial charge in [0.15, 0.2) is 11.5 Å². The Morgan fingerprint density at radius 3 is 2.61 bits per heavy atom. The van der Waals surface area contributed by atoms with Crippen LogP contribution >= 0.6 is 0 Å². The van der Waals surface area contributed by atoms with Crippen LogP contribution in [0.25, 0.3) is 16.9 Å². The van der Waals surface area contributed by atoms with Crippen molar-refractivity contribution >= 4 is 16.9 Å². The number of fused-ring (bicyclic) bond motifs is 1. The Hall–Kier alpha value is -3.54. The van der Waals surface area contributed by atoms with E-state index in [0.717, 1.165) is 61.1 Å². The molecule has 0 saturated heterocycles. The molecule has 1 fully saturated rings. The van der Waals surface area contributed by atoms with Gasteiger partial charge in [-0.05, 0) is 62.8 Å². The van der Waals surface area contributed by atoms with E-state index in [1.54, 1.807) is 10.9 Å². The molecule has 1 aliphatic carbocycles. The predicted octanol–water partition coefficient (Wildman–Crippen LogP) is 5.10. The van der Waals surface area contributed by atoms with E-state index in [0.29, 0.717) is 17.3 Å². The Labute approximate surface area is 194 Å². The maximum atomic E-state index is 13.6. The Morgan fingerprint density at radius 1 is 1.09 bits per heavy atom. The quantitative estimate of drug-likeness (QED) is 0.359. The topological polar surface area (TPSA) is 63.9 Å². The summed E-state index contributed by atoms with van der Waals surface area (Å²) < 4.78 is 1.77. The fourth-order valence-electron chi connectivity index (χ4n) is 4.33. The zero-order valence-electron chi connectivity index (χ0n) is 19.2. The van der Waals surface area contributed by atoms with E-state index in [1.807, 2.05) is 49.2 Å². The molecule has 168 valence electrons. The van der Waals surface area contributed by atoms with Crippen LogP contribution in [0.4, 0.5) is 0 Å². The molecule has 1 aliphatic rings. The summed E-state index contributed by atoms with van der Waals surface area (Å²) >= 11 is 0. The van der Waals surface area contributed by atoms with E-state index in [2.05, 4.69) is 29.2 Å². The Bertz CT molecular complexity index is 1260. The van der Waals surface area contributed by atoms with Crippen LogP contribution in [0, 0.1) is 6.92 Å². The van der Waals surface area contributed by atoms with Gasteiger partial charge >= 0.3 is 0 Å². The number of pyridine rings is 2. The van der Waals surface area contributed by atoms with Gasteiger partial charge in [0.1, 0.15) is 0 Å². The van der Waals surface area contributed by atoms with Gasteiger partial charge < -0.3 is 4.90 Å². The van der Waals surface area contributed by atoms with Crippen molar-refractivity contribution in [1.82, 2.24) is 24.6 Å². The fourth-order valence-corrected chi connectivity index (χ4v) is 4.33. The van der Waals surface area contributed by atoms with Gasteiger partial charge in [0.05, 0.1) is 16.6 Å². The summed E-state index contributed by atoms with van der Waals surface area (Å²) in [7, 11) is 1.90. The molecule has 3 aromatic heterocycles. The molecule has 0 N–H and O–H groups in total. The third-order valence-corrected chi connectivity index (χ3v) is 6.32. The molecule has 0 bridgehead atoms. The number of aromatic nitrogens is 4. The van der Waals surface area contributed by atoms with Gasteiger partial charge in [-0.15, -0.1) is 0 Å². The first kappa shape index (κ1) is 21.3. The molecule has 1 saturated carbocycles. The predicted molar refractivity (Wildman–Crippen MR) is 130 cm³/mol. The monoisotopic (exact) mass is 439 g/mol. The molecular formula is C27H29N5O. The third-order valence-electron chi connectivity index (χ3n) is 6.32. The molecule has 33 heavy (non-hydrogen) atoms. The molecule has 1 amide bonds. The number of carbonyl (C=O) groups is 1. The summed E-state index contributed by atoms with van der Waals surface area (Å²) in [6.07, 6.45) is 7.04. The van der Waals surface area contributed by atoms with E-state index in [1.165, 1.54) is 5.56 Å². The van der Waals surface area contributed by atoms with Crippen molar-refractivity contribution in [1.29, 1.82) is 0 Å².